The number of amides is 1. The van der Waals surface area contributed by atoms with Gasteiger partial charge in [-0.2, -0.15) is 11.3 Å². The van der Waals surface area contributed by atoms with Crippen molar-refractivity contribution in [3.63, 3.8) is 0 Å². The number of rotatable bonds is 6. The second-order valence-electron chi connectivity index (χ2n) is 4.74. The highest BCUT2D eigenvalue weighted by Crippen LogP contribution is 2.25. The number of hydrogen-bond acceptors (Lipinski definition) is 4. The number of carbonyl (C=O) groups is 1. The molecule has 0 radical (unpaired) electrons. The van der Waals surface area contributed by atoms with Crippen molar-refractivity contribution in [2.45, 2.75) is 13.0 Å². The van der Waals surface area contributed by atoms with Crippen LogP contribution in [-0.4, -0.2) is 32.1 Å². The van der Waals surface area contributed by atoms with Crippen LogP contribution in [0.1, 0.15) is 11.1 Å². The molecule has 0 aliphatic carbocycles. The van der Waals surface area contributed by atoms with Crippen molar-refractivity contribution >= 4 is 17.2 Å². The maximum absolute atomic E-state index is 12.2. The second-order valence-corrected chi connectivity index (χ2v) is 5.52. The van der Waals surface area contributed by atoms with Gasteiger partial charge in [0.05, 0.1) is 20.6 Å². The lowest BCUT2D eigenvalue weighted by Gasteiger charge is -2.19. The van der Waals surface area contributed by atoms with Gasteiger partial charge in [0.15, 0.2) is 0 Å². The molecule has 0 atom stereocenters. The van der Waals surface area contributed by atoms with E-state index in [1.165, 1.54) is 0 Å². The third-order valence-electron chi connectivity index (χ3n) is 3.26. The van der Waals surface area contributed by atoms with Gasteiger partial charge in [0.25, 0.3) is 0 Å². The molecule has 2 rings (SSSR count). The monoisotopic (exact) mass is 305 g/mol. The zero-order valence-corrected chi connectivity index (χ0v) is 13.3. The molecular weight excluding hydrogens is 286 g/mol. The van der Waals surface area contributed by atoms with Crippen molar-refractivity contribution in [2.24, 2.45) is 0 Å². The summed E-state index contributed by atoms with van der Waals surface area (Å²) < 4.78 is 10.5. The fourth-order valence-electron chi connectivity index (χ4n) is 2.03. The van der Waals surface area contributed by atoms with E-state index >= 15 is 0 Å². The first kappa shape index (κ1) is 15.4. The topological polar surface area (TPSA) is 38.8 Å². The number of methoxy groups -OCH3 is 2. The number of benzene rings is 1. The number of nitrogens with zero attached hydrogens (tertiary/aromatic N) is 1. The average Bonchev–Trinajstić information content (AvgIpc) is 3.00. The van der Waals surface area contributed by atoms with Gasteiger partial charge in [-0.25, -0.2) is 0 Å². The summed E-state index contributed by atoms with van der Waals surface area (Å²) in [6.07, 6.45) is 0.429. The summed E-state index contributed by atoms with van der Waals surface area (Å²) in [5.74, 6) is 1.55. The highest BCUT2D eigenvalue weighted by Gasteiger charge is 2.13. The number of ether oxygens (including phenoxy) is 2. The van der Waals surface area contributed by atoms with Crippen molar-refractivity contribution in [1.29, 1.82) is 0 Å². The molecule has 21 heavy (non-hydrogen) atoms. The Labute approximate surface area is 128 Å². The molecule has 112 valence electrons. The highest BCUT2D eigenvalue weighted by atomic mass is 32.1. The van der Waals surface area contributed by atoms with Gasteiger partial charge in [-0.1, -0.05) is 0 Å². The van der Waals surface area contributed by atoms with Crippen molar-refractivity contribution in [2.75, 3.05) is 21.3 Å². The van der Waals surface area contributed by atoms with Crippen LogP contribution >= 0.6 is 11.3 Å². The lowest BCUT2D eigenvalue weighted by molar-refractivity contribution is -0.129. The molecule has 0 N–H and O–H groups in total. The molecule has 0 unspecified atom stereocenters. The van der Waals surface area contributed by atoms with Crippen molar-refractivity contribution in [3.8, 4) is 11.5 Å². The average molecular weight is 305 g/mol. The summed E-state index contributed by atoms with van der Waals surface area (Å²) in [5.41, 5.74) is 2.01. The normalized spacial score (nSPS) is 10.2. The van der Waals surface area contributed by atoms with Gasteiger partial charge < -0.3 is 14.4 Å². The maximum atomic E-state index is 12.2. The molecule has 1 aromatic heterocycles. The van der Waals surface area contributed by atoms with E-state index < -0.39 is 0 Å². The third-order valence-corrected chi connectivity index (χ3v) is 4.00. The smallest absolute Gasteiger partial charge is 0.227 e. The number of likely N-dealkylation sites (N-methyl/N-ethyl adjacent to an activating group) is 1. The van der Waals surface area contributed by atoms with Gasteiger partial charge in [0.2, 0.25) is 5.91 Å². The predicted octanol–water partition coefficient (Wildman–Crippen LogP) is 2.97. The van der Waals surface area contributed by atoms with E-state index in [1.807, 2.05) is 35.0 Å². The van der Waals surface area contributed by atoms with Crippen LogP contribution in [0.4, 0.5) is 0 Å². The summed E-state index contributed by atoms with van der Waals surface area (Å²) >= 11 is 1.60. The van der Waals surface area contributed by atoms with Crippen LogP contribution in [0.25, 0.3) is 0 Å². The van der Waals surface area contributed by atoms with Gasteiger partial charge in [0.1, 0.15) is 11.5 Å². The van der Waals surface area contributed by atoms with Crippen LogP contribution in [0, 0.1) is 0 Å². The van der Waals surface area contributed by atoms with E-state index in [0.717, 1.165) is 22.6 Å². The van der Waals surface area contributed by atoms with E-state index in [2.05, 4.69) is 0 Å². The molecule has 0 fully saturated rings. The van der Waals surface area contributed by atoms with Gasteiger partial charge in [-0.15, -0.1) is 0 Å². The Morgan fingerprint density at radius 1 is 1.24 bits per heavy atom. The Morgan fingerprint density at radius 2 is 2.05 bits per heavy atom. The van der Waals surface area contributed by atoms with E-state index in [9.17, 15) is 4.79 Å². The van der Waals surface area contributed by atoms with Crippen LogP contribution in [0.5, 0.6) is 11.5 Å². The Kier molecular flexibility index (Phi) is 5.22. The zero-order valence-electron chi connectivity index (χ0n) is 12.5. The molecule has 1 aromatic carbocycles. The second kappa shape index (κ2) is 7.13. The molecule has 1 heterocycles. The lowest BCUT2D eigenvalue weighted by Crippen LogP contribution is -2.27. The summed E-state index contributed by atoms with van der Waals surface area (Å²) in [6, 6.07) is 7.60. The maximum Gasteiger partial charge on any atom is 0.227 e. The summed E-state index contributed by atoms with van der Waals surface area (Å²) in [6.45, 7) is 0.510. The Hall–Kier alpha value is -2.01. The number of hydrogen-bond donors (Lipinski definition) is 0. The summed E-state index contributed by atoms with van der Waals surface area (Å²) in [5, 5.41) is 3.98. The molecule has 0 saturated carbocycles. The standard InChI is InChI=1S/C16H19NO3S/c1-17(16(18)8-12-6-7-21-11-12)10-13-4-5-14(19-2)9-15(13)20-3/h4-7,9,11H,8,10H2,1-3H3. The molecular formula is C16H19NO3S. The molecule has 5 heteroatoms. The Morgan fingerprint density at radius 3 is 2.67 bits per heavy atom. The first-order valence-corrected chi connectivity index (χ1v) is 7.54. The molecule has 0 spiro atoms. The van der Waals surface area contributed by atoms with Crippen LogP contribution in [-0.2, 0) is 17.8 Å². The molecule has 0 aliphatic heterocycles. The molecule has 1 amide bonds. The first-order chi connectivity index (χ1) is 10.1. The van der Waals surface area contributed by atoms with E-state index in [4.69, 9.17) is 9.47 Å². The van der Waals surface area contributed by atoms with E-state index in [0.29, 0.717) is 13.0 Å². The molecule has 0 saturated heterocycles. The molecule has 0 aliphatic rings. The minimum Gasteiger partial charge on any atom is -0.497 e. The summed E-state index contributed by atoms with van der Waals surface area (Å²) in [4.78, 5) is 13.9. The van der Waals surface area contributed by atoms with Gasteiger partial charge in [-0.05, 0) is 34.5 Å². The Balaban J connectivity index is 2.04. The molecule has 2 aromatic rings. The van der Waals surface area contributed by atoms with Gasteiger partial charge in [-0.3, -0.25) is 4.79 Å². The number of thiophene rings is 1. The minimum absolute atomic E-state index is 0.0891. The van der Waals surface area contributed by atoms with Crippen LogP contribution in [0.2, 0.25) is 0 Å². The van der Waals surface area contributed by atoms with Gasteiger partial charge >= 0.3 is 0 Å². The van der Waals surface area contributed by atoms with Crippen LogP contribution in [0.3, 0.4) is 0 Å². The Bertz CT molecular complexity index is 596. The minimum atomic E-state index is 0.0891. The fraction of sp³-hybridized carbons (Fsp3) is 0.312. The fourth-order valence-corrected chi connectivity index (χ4v) is 2.70. The first-order valence-electron chi connectivity index (χ1n) is 6.60. The SMILES string of the molecule is COc1ccc(CN(C)C(=O)Cc2ccsc2)c(OC)c1. The molecule has 0 bridgehead atoms. The summed E-state index contributed by atoms with van der Waals surface area (Å²) in [7, 11) is 5.04. The largest absolute Gasteiger partial charge is 0.497 e. The van der Waals surface area contributed by atoms with Gasteiger partial charge in [0, 0.05) is 25.2 Å². The lowest BCUT2D eigenvalue weighted by atomic mass is 10.1. The highest BCUT2D eigenvalue weighted by molar-refractivity contribution is 7.07. The molecule has 4 nitrogen and oxygen atoms in total. The van der Waals surface area contributed by atoms with Crippen LogP contribution in [0.15, 0.2) is 35.0 Å². The zero-order chi connectivity index (χ0) is 15.2. The third kappa shape index (κ3) is 3.98. The van der Waals surface area contributed by atoms with Crippen molar-refractivity contribution in [3.05, 3.63) is 46.2 Å². The van der Waals surface area contributed by atoms with E-state index in [1.54, 1.807) is 37.5 Å². The predicted molar refractivity (Wildman–Crippen MR) is 84.0 cm³/mol. The van der Waals surface area contributed by atoms with E-state index in [-0.39, 0.29) is 5.91 Å². The van der Waals surface area contributed by atoms with Crippen LogP contribution < -0.4 is 9.47 Å². The van der Waals surface area contributed by atoms with Crippen molar-refractivity contribution < 1.29 is 14.3 Å². The quantitative estimate of drug-likeness (QED) is 0.823. The van der Waals surface area contributed by atoms with Crippen molar-refractivity contribution in [1.82, 2.24) is 4.90 Å². The number of carbonyl (C=O) groups excluding carboxylic acids is 1.